The molecule has 118 valence electrons. The van der Waals surface area contributed by atoms with Crippen LogP contribution in [0.15, 0.2) is 16.7 Å². The standard InChI is InChI=1S/C18H29NO2/c1-3-10-19-17(15-7-11-20-16(15)4-2)14-6-12-21-18(13-14)8-5-9-18/h7,11,14,17,19H,3-6,8-10,12-13H2,1-2H3. The second kappa shape index (κ2) is 6.53. The van der Waals surface area contributed by atoms with Crippen molar-refractivity contribution in [3.05, 3.63) is 23.7 Å². The molecule has 0 radical (unpaired) electrons. The van der Waals surface area contributed by atoms with E-state index in [0.717, 1.165) is 31.8 Å². The van der Waals surface area contributed by atoms with Crippen molar-refractivity contribution >= 4 is 0 Å². The summed E-state index contributed by atoms with van der Waals surface area (Å²) in [5, 5.41) is 3.79. The second-order valence-corrected chi connectivity index (χ2v) is 6.72. The molecule has 1 aliphatic heterocycles. The summed E-state index contributed by atoms with van der Waals surface area (Å²) in [4.78, 5) is 0. The second-order valence-electron chi connectivity index (χ2n) is 6.72. The van der Waals surface area contributed by atoms with Crippen LogP contribution in [0.1, 0.15) is 69.7 Å². The van der Waals surface area contributed by atoms with Gasteiger partial charge < -0.3 is 14.5 Å². The molecule has 3 nitrogen and oxygen atoms in total. The van der Waals surface area contributed by atoms with Gasteiger partial charge >= 0.3 is 0 Å². The lowest BCUT2D eigenvalue weighted by Crippen LogP contribution is -2.48. The first kappa shape index (κ1) is 15.1. The molecule has 2 atom stereocenters. The highest BCUT2D eigenvalue weighted by molar-refractivity contribution is 5.23. The molecule has 2 aliphatic rings. The topological polar surface area (TPSA) is 34.4 Å². The highest BCUT2D eigenvalue weighted by atomic mass is 16.5. The van der Waals surface area contributed by atoms with Crippen molar-refractivity contribution < 1.29 is 9.15 Å². The normalized spacial score (nSPS) is 25.7. The Hall–Kier alpha value is -0.800. The molecule has 1 saturated heterocycles. The third-order valence-corrected chi connectivity index (χ3v) is 5.32. The van der Waals surface area contributed by atoms with Crippen molar-refractivity contribution in [1.82, 2.24) is 5.32 Å². The summed E-state index contributed by atoms with van der Waals surface area (Å²) in [6.45, 7) is 6.41. The smallest absolute Gasteiger partial charge is 0.108 e. The van der Waals surface area contributed by atoms with E-state index in [4.69, 9.17) is 9.15 Å². The van der Waals surface area contributed by atoms with Crippen LogP contribution in [-0.4, -0.2) is 18.8 Å². The Morgan fingerprint density at radius 3 is 2.90 bits per heavy atom. The average Bonchev–Trinajstić information content (AvgIpc) is 2.95. The van der Waals surface area contributed by atoms with Crippen LogP contribution in [0.4, 0.5) is 0 Å². The highest BCUT2D eigenvalue weighted by Gasteiger charge is 2.44. The zero-order chi connectivity index (χ0) is 14.7. The molecule has 1 aromatic heterocycles. The third-order valence-electron chi connectivity index (χ3n) is 5.32. The zero-order valence-electron chi connectivity index (χ0n) is 13.5. The van der Waals surface area contributed by atoms with Gasteiger partial charge in [-0.05, 0) is 57.1 Å². The molecule has 0 aromatic carbocycles. The van der Waals surface area contributed by atoms with E-state index in [9.17, 15) is 0 Å². The first-order chi connectivity index (χ1) is 10.3. The molecule has 1 N–H and O–H groups in total. The van der Waals surface area contributed by atoms with Gasteiger partial charge in [0.15, 0.2) is 0 Å². The van der Waals surface area contributed by atoms with Crippen LogP contribution in [0.5, 0.6) is 0 Å². The van der Waals surface area contributed by atoms with Crippen LogP contribution in [0.3, 0.4) is 0 Å². The van der Waals surface area contributed by atoms with Crippen LogP contribution in [0, 0.1) is 5.92 Å². The minimum Gasteiger partial charge on any atom is -0.469 e. The summed E-state index contributed by atoms with van der Waals surface area (Å²) in [6, 6.07) is 2.61. The van der Waals surface area contributed by atoms with Crippen LogP contribution in [0.25, 0.3) is 0 Å². The first-order valence-electron chi connectivity index (χ1n) is 8.71. The molecule has 0 bridgehead atoms. The van der Waals surface area contributed by atoms with Gasteiger partial charge in [0.2, 0.25) is 0 Å². The molecule has 1 aliphatic carbocycles. The largest absolute Gasteiger partial charge is 0.469 e. The lowest BCUT2D eigenvalue weighted by Gasteiger charge is -2.49. The number of hydrogen-bond donors (Lipinski definition) is 1. The van der Waals surface area contributed by atoms with Crippen molar-refractivity contribution in [2.45, 2.75) is 70.4 Å². The minimum atomic E-state index is 0.213. The van der Waals surface area contributed by atoms with Crippen molar-refractivity contribution in [1.29, 1.82) is 0 Å². The monoisotopic (exact) mass is 291 g/mol. The minimum absolute atomic E-state index is 0.213. The highest BCUT2D eigenvalue weighted by Crippen LogP contribution is 2.47. The van der Waals surface area contributed by atoms with Gasteiger partial charge in [0.1, 0.15) is 5.76 Å². The Balaban J connectivity index is 1.78. The predicted molar refractivity (Wildman–Crippen MR) is 84.4 cm³/mol. The Kier molecular flexibility index (Phi) is 4.70. The van der Waals surface area contributed by atoms with E-state index >= 15 is 0 Å². The predicted octanol–water partition coefficient (Wildman–Crippen LogP) is 4.23. The molecule has 2 fully saturated rings. The summed E-state index contributed by atoms with van der Waals surface area (Å²) in [6.07, 6.45) is 10.2. The van der Waals surface area contributed by atoms with Crippen molar-refractivity contribution in [2.75, 3.05) is 13.2 Å². The van der Waals surface area contributed by atoms with Gasteiger partial charge in [-0.15, -0.1) is 0 Å². The summed E-state index contributed by atoms with van der Waals surface area (Å²) in [5.41, 5.74) is 1.60. The number of hydrogen-bond acceptors (Lipinski definition) is 3. The quantitative estimate of drug-likeness (QED) is 0.851. The molecule has 1 spiro atoms. The molecule has 0 amide bonds. The van der Waals surface area contributed by atoms with Gasteiger partial charge in [-0.3, -0.25) is 0 Å². The van der Waals surface area contributed by atoms with Gasteiger partial charge in [0.05, 0.1) is 11.9 Å². The molecular formula is C18H29NO2. The fourth-order valence-corrected chi connectivity index (χ4v) is 4.02. The first-order valence-corrected chi connectivity index (χ1v) is 8.71. The molecule has 3 rings (SSSR count). The summed E-state index contributed by atoms with van der Waals surface area (Å²) < 4.78 is 11.8. The number of nitrogens with one attached hydrogen (secondary N) is 1. The van der Waals surface area contributed by atoms with Gasteiger partial charge in [-0.2, -0.15) is 0 Å². The number of rotatable bonds is 6. The van der Waals surface area contributed by atoms with Crippen molar-refractivity contribution in [3.63, 3.8) is 0 Å². The van der Waals surface area contributed by atoms with E-state index < -0.39 is 0 Å². The van der Waals surface area contributed by atoms with Gasteiger partial charge in [0.25, 0.3) is 0 Å². The number of ether oxygens (including phenoxy) is 1. The van der Waals surface area contributed by atoms with E-state index in [2.05, 4.69) is 25.2 Å². The van der Waals surface area contributed by atoms with E-state index in [1.54, 1.807) is 0 Å². The Morgan fingerprint density at radius 1 is 1.38 bits per heavy atom. The molecule has 21 heavy (non-hydrogen) atoms. The van der Waals surface area contributed by atoms with Crippen molar-refractivity contribution in [2.24, 2.45) is 5.92 Å². The number of aryl methyl sites for hydroxylation is 1. The summed E-state index contributed by atoms with van der Waals surface area (Å²) >= 11 is 0. The molecule has 3 heteroatoms. The fourth-order valence-electron chi connectivity index (χ4n) is 4.02. The maximum Gasteiger partial charge on any atom is 0.108 e. The SMILES string of the molecule is CCCNC(c1ccoc1CC)C1CCOC2(CCC2)C1. The summed E-state index contributed by atoms with van der Waals surface area (Å²) in [5.74, 6) is 1.83. The average molecular weight is 291 g/mol. The Bertz CT molecular complexity index is 450. The van der Waals surface area contributed by atoms with Crippen LogP contribution in [0.2, 0.25) is 0 Å². The Labute approximate surface area is 128 Å². The van der Waals surface area contributed by atoms with E-state index in [-0.39, 0.29) is 5.60 Å². The van der Waals surface area contributed by atoms with Crippen LogP contribution in [-0.2, 0) is 11.2 Å². The zero-order valence-corrected chi connectivity index (χ0v) is 13.5. The maximum absolute atomic E-state index is 6.11. The van der Waals surface area contributed by atoms with Gasteiger partial charge in [0, 0.05) is 24.6 Å². The fraction of sp³-hybridized carbons (Fsp3) is 0.778. The lowest BCUT2D eigenvalue weighted by molar-refractivity contribution is -0.147. The van der Waals surface area contributed by atoms with Gasteiger partial charge in [-0.25, -0.2) is 0 Å². The maximum atomic E-state index is 6.11. The molecule has 1 saturated carbocycles. The van der Waals surface area contributed by atoms with Crippen LogP contribution < -0.4 is 5.32 Å². The van der Waals surface area contributed by atoms with Crippen molar-refractivity contribution in [3.8, 4) is 0 Å². The summed E-state index contributed by atoms with van der Waals surface area (Å²) in [7, 11) is 0. The van der Waals surface area contributed by atoms with E-state index in [1.807, 2.05) is 6.26 Å². The Morgan fingerprint density at radius 2 is 2.24 bits per heavy atom. The molecule has 1 aromatic rings. The third kappa shape index (κ3) is 3.04. The molecule has 2 unspecified atom stereocenters. The lowest BCUT2D eigenvalue weighted by atomic mass is 9.69. The van der Waals surface area contributed by atoms with E-state index in [0.29, 0.717) is 12.0 Å². The molecule has 2 heterocycles. The number of furan rings is 1. The van der Waals surface area contributed by atoms with Gasteiger partial charge in [-0.1, -0.05) is 13.8 Å². The van der Waals surface area contributed by atoms with Crippen LogP contribution >= 0.6 is 0 Å². The van der Waals surface area contributed by atoms with E-state index in [1.165, 1.54) is 37.7 Å². The molecular weight excluding hydrogens is 262 g/mol.